The Kier molecular flexibility index (Phi) is 3.31. The van der Waals surface area contributed by atoms with E-state index < -0.39 is 11.8 Å². The summed E-state index contributed by atoms with van der Waals surface area (Å²) in [7, 11) is 0. The van der Waals surface area contributed by atoms with Gasteiger partial charge in [-0.3, -0.25) is 9.78 Å². The molecule has 1 aromatic carbocycles. The Bertz CT molecular complexity index is 786. The number of nitrogens with zero attached hydrogens (tertiary/aromatic N) is 3. The third kappa shape index (κ3) is 2.58. The van der Waals surface area contributed by atoms with Crippen molar-refractivity contribution in [1.29, 1.82) is 5.26 Å². The summed E-state index contributed by atoms with van der Waals surface area (Å²) in [4.78, 5) is 23.4. The molecule has 21 heavy (non-hydrogen) atoms. The number of carbonyl (C=O) groups excluding carboxylic acids is 1. The summed E-state index contributed by atoms with van der Waals surface area (Å²) in [5, 5.41) is 11.9. The Hall–Kier alpha value is -3.20. The van der Waals surface area contributed by atoms with E-state index in [9.17, 15) is 10.1 Å². The Balaban J connectivity index is 1.87. The van der Waals surface area contributed by atoms with Crippen LogP contribution in [0.3, 0.4) is 0 Å². The number of hydrogen-bond donors (Lipinski definition) is 2. The average molecular weight is 277 g/mol. The SMILES string of the molecule is N#C[C@@H](C(=O)Nc1cccnc1)c1nc2ccccc2[nH]1. The molecule has 2 aromatic heterocycles. The van der Waals surface area contributed by atoms with Gasteiger partial charge in [-0.25, -0.2) is 4.98 Å². The Morgan fingerprint density at radius 3 is 2.86 bits per heavy atom. The zero-order chi connectivity index (χ0) is 14.7. The minimum atomic E-state index is -1.00. The van der Waals surface area contributed by atoms with Crippen LogP contribution in [-0.4, -0.2) is 20.9 Å². The number of benzene rings is 1. The number of fused-ring (bicyclic) bond motifs is 1. The Morgan fingerprint density at radius 1 is 1.29 bits per heavy atom. The van der Waals surface area contributed by atoms with Crippen LogP contribution in [0.4, 0.5) is 5.69 Å². The number of amides is 1. The van der Waals surface area contributed by atoms with Crippen LogP contribution in [0, 0.1) is 11.3 Å². The third-order valence-electron chi connectivity index (χ3n) is 3.00. The molecule has 0 aliphatic rings. The van der Waals surface area contributed by atoms with E-state index in [0.29, 0.717) is 11.5 Å². The number of anilines is 1. The van der Waals surface area contributed by atoms with Crippen LogP contribution in [0.25, 0.3) is 11.0 Å². The van der Waals surface area contributed by atoms with Gasteiger partial charge in [0, 0.05) is 6.20 Å². The lowest BCUT2D eigenvalue weighted by Gasteiger charge is -2.07. The van der Waals surface area contributed by atoms with Crippen molar-refractivity contribution in [2.45, 2.75) is 5.92 Å². The van der Waals surface area contributed by atoms with Crippen LogP contribution in [0.5, 0.6) is 0 Å². The van der Waals surface area contributed by atoms with E-state index in [1.165, 1.54) is 6.20 Å². The van der Waals surface area contributed by atoms with E-state index in [-0.39, 0.29) is 0 Å². The molecule has 2 N–H and O–H groups in total. The number of pyridine rings is 1. The standard InChI is InChI=1S/C15H11N5O/c16-8-11(15(21)18-10-4-3-7-17-9-10)14-19-12-5-1-2-6-13(12)20-14/h1-7,9,11H,(H,18,21)(H,19,20)/t11-/m1/s1. The number of nitriles is 1. The molecule has 0 saturated carbocycles. The van der Waals surface area contributed by atoms with Gasteiger partial charge >= 0.3 is 0 Å². The number of aromatic nitrogens is 3. The van der Waals surface area contributed by atoms with Gasteiger partial charge in [0.05, 0.1) is 29.0 Å². The second-order valence-corrected chi connectivity index (χ2v) is 4.43. The van der Waals surface area contributed by atoms with Crippen molar-refractivity contribution in [1.82, 2.24) is 15.0 Å². The van der Waals surface area contributed by atoms with Gasteiger partial charge in [-0.05, 0) is 24.3 Å². The topological polar surface area (TPSA) is 94.5 Å². The molecule has 0 spiro atoms. The number of para-hydroxylation sites is 2. The van der Waals surface area contributed by atoms with Crippen LogP contribution in [-0.2, 0) is 4.79 Å². The molecular weight excluding hydrogens is 266 g/mol. The maximum atomic E-state index is 12.2. The minimum absolute atomic E-state index is 0.333. The summed E-state index contributed by atoms with van der Waals surface area (Å²) in [6.07, 6.45) is 3.13. The van der Waals surface area contributed by atoms with Crippen LogP contribution < -0.4 is 5.32 Å². The molecule has 1 amide bonds. The minimum Gasteiger partial charge on any atom is -0.340 e. The normalized spacial score (nSPS) is 11.8. The fraction of sp³-hybridized carbons (Fsp3) is 0.0667. The summed E-state index contributed by atoms with van der Waals surface area (Å²) < 4.78 is 0. The van der Waals surface area contributed by atoms with Gasteiger partial charge in [0.25, 0.3) is 0 Å². The van der Waals surface area contributed by atoms with Crippen LogP contribution in [0.2, 0.25) is 0 Å². The Morgan fingerprint density at radius 2 is 2.14 bits per heavy atom. The number of rotatable bonds is 3. The van der Waals surface area contributed by atoms with E-state index in [0.717, 1.165) is 11.0 Å². The van der Waals surface area contributed by atoms with Crippen molar-refractivity contribution >= 4 is 22.6 Å². The van der Waals surface area contributed by atoms with E-state index in [1.54, 1.807) is 18.3 Å². The predicted molar refractivity (Wildman–Crippen MR) is 77.3 cm³/mol. The lowest BCUT2D eigenvalue weighted by molar-refractivity contribution is -0.116. The second kappa shape index (κ2) is 5.43. The number of imidazole rings is 1. The molecule has 2 heterocycles. The van der Waals surface area contributed by atoms with Gasteiger partial charge in [-0.15, -0.1) is 0 Å². The largest absolute Gasteiger partial charge is 0.340 e. The lowest BCUT2D eigenvalue weighted by Crippen LogP contribution is -2.21. The molecule has 6 nitrogen and oxygen atoms in total. The average Bonchev–Trinajstić information content (AvgIpc) is 2.92. The molecule has 0 bridgehead atoms. The molecule has 3 aromatic rings. The highest BCUT2D eigenvalue weighted by molar-refractivity contribution is 5.97. The maximum Gasteiger partial charge on any atom is 0.249 e. The molecule has 0 saturated heterocycles. The lowest BCUT2D eigenvalue weighted by atomic mass is 10.1. The van der Waals surface area contributed by atoms with E-state index in [4.69, 9.17) is 0 Å². The first-order valence-electron chi connectivity index (χ1n) is 6.33. The van der Waals surface area contributed by atoms with Crippen LogP contribution in [0.1, 0.15) is 11.7 Å². The molecule has 0 aliphatic carbocycles. The number of hydrogen-bond acceptors (Lipinski definition) is 4. The van der Waals surface area contributed by atoms with Gasteiger partial charge in [0.2, 0.25) is 5.91 Å². The van der Waals surface area contributed by atoms with Gasteiger partial charge in [0.15, 0.2) is 5.92 Å². The van der Waals surface area contributed by atoms with Crippen molar-refractivity contribution in [3.8, 4) is 6.07 Å². The molecule has 1 atom stereocenters. The quantitative estimate of drug-likeness (QED) is 0.767. The first-order chi connectivity index (χ1) is 10.3. The van der Waals surface area contributed by atoms with E-state index >= 15 is 0 Å². The monoisotopic (exact) mass is 277 g/mol. The highest BCUT2D eigenvalue weighted by Gasteiger charge is 2.23. The van der Waals surface area contributed by atoms with Gasteiger partial charge in [-0.2, -0.15) is 5.26 Å². The van der Waals surface area contributed by atoms with Gasteiger partial charge in [-0.1, -0.05) is 12.1 Å². The highest BCUT2D eigenvalue weighted by Crippen LogP contribution is 2.18. The summed E-state index contributed by atoms with van der Waals surface area (Å²) in [5.74, 6) is -1.11. The molecule has 102 valence electrons. The van der Waals surface area contributed by atoms with E-state index in [1.807, 2.05) is 30.3 Å². The predicted octanol–water partition coefficient (Wildman–Crippen LogP) is 2.20. The van der Waals surface area contributed by atoms with Crippen LogP contribution in [0.15, 0.2) is 48.8 Å². The zero-order valence-electron chi connectivity index (χ0n) is 10.9. The number of H-pyrrole nitrogens is 1. The summed E-state index contributed by atoms with van der Waals surface area (Å²) >= 11 is 0. The molecular formula is C15H11N5O. The fourth-order valence-corrected chi connectivity index (χ4v) is 2.00. The molecule has 3 rings (SSSR count). The first-order valence-corrected chi connectivity index (χ1v) is 6.33. The maximum absolute atomic E-state index is 12.2. The van der Waals surface area contributed by atoms with Crippen molar-refractivity contribution < 1.29 is 4.79 Å². The summed E-state index contributed by atoms with van der Waals surface area (Å²) in [6.45, 7) is 0. The summed E-state index contributed by atoms with van der Waals surface area (Å²) in [6, 6.07) is 12.8. The second-order valence-electron chi connectivity index (χ2n) is 4.43. The fourth-order valence-electron chi connectivity index (χ4n) is 2.00. The van der Waals surface area contributed by atoms with Crippen molar-refractivity contribution in [2.24, 2.45) is 0 Å². The van der Waals surface area contributed by atoms with Crippen molar-refractivity contribution in [2.75, 3.05) is 5.32 Å². The van der Waals surface area contributed by atoms with E-state index in [2.05, 4.69) is 20.3 Å². The smallest absolute Gasteiger partial charge is 0.249 e. The van der Waals surface area contributed by atoms with Gasteiger partial charge < -0.3 is 10.3 Å². The number of nitrogens with one attached hydrogen (secondary N) is 2. The molecule has 0 unspecified atom stereocenters. The third-order valence-corrected chi connectivity index (χ3v) is 3.00. The first kappa shape index (κ1) is 12.8. The molecule has 6 heteroatoms. The zero-order valence-corrected chi connectivity index (χ0v) is 10.9. The van der Waals surface area contributed by atoms with Crippen molar-refractivity contribution in [3.05, 3.63) is 54.6 Å². The van der Waals surface area contributed by atoms with Gasteiger partial charge in [0.1, 0.15) is 5.82 Å². The summed E-state index contributed by atoms with van der Waals surface area (Å²) in [5.41, 5.74) is 2.06. The number of aromatic amines is 1. The Labute approximate surface area is 120 Å². The molecule has 0 radical (unpaired) electrons. The molecule has 0 aliphatic heterocycles. The van der Waals surface area contributed by atoms with Crippen molar-refractivity contribution in [3.63, 3.8) is 0 Å². The number of carbonyl (C=O) groups is 1. The highest BCUT2D eigenvalue weighted by atomic mass is 16.1. The molecule has 0 fully saturated rings. The van der Waals surface area contributed by atoms with Crippen LogP contribution >= 0.6 is 0 Å².